The Hall–Kier alpha value is -0.970. The van der Waals surface area contributed by atoms with Crippen molar-refractivity contribution in [1.29, 1.82) is 0 Å². The SMILES string of the molecule is CC(NCC1CCOCO1)c1ccccc1F. The molecule has 1 aromatic rings. The summed E-state index contributed by atoms with van der Waals surface area (Å²) in [4.78, 5) is 0. The van der Waals surface area contributed by atoms with Crippen LogP contribution in [-0.2, 0) is 9.47 Å². The third-order valence-electron chi connectivity index (χ3n) is 2.99. The summed E-state index contributed by atoms with van der Waals surface area (Å²) in [6.07, 6.45) is 1.05. The highest BCUT2D eigenvalue weighted by Crippen LogP contribution is 2.16. The van der Waals surface area contributed by atoms with Crippen molar-refractivity contribution in [2.45, 2.75) is 25.5 Å². The molecule has 4 heteroatoms. The van der Waals surface area contributed by atoms with Crippen molar-refractivity contribution >= 4 is 0 Å². The van der Waals surface area contributed by atoms with Gasteiger partial charge in [0.05, 0.1) is 12.7 Å². The second kappa shape index (κ2) is 6.10. The minimum absolute atomic E-state index is 0.0114. The van der Waals surface area contributed by atoms with Gasteiger partial charge in [-0.2, -0.15) is 0 Å². The lowest BCUT2D eigenvalue weighted by Gasteiger charge is -2.25. The highest BCUT2D eigenvalue weighted by atomic mass is 19.1. The summed E-state index contributed by atoms with van der Waals surface area (Å²) in [5.74, 6) is -0.166. The van der Waals surface area contributed by atoms with Crippen LogP contribution in [0.3, 0.4) is 0 Å². The summed E-state index contributed by atoms with van der Waals surface area (Å²) in [7, 11) is 0. The highest BCUT2D eigenvalue weighted by Gasteiger charge is 2.16. The Kier molecular flexibility index (Phi) is 4.48. The van der Waals surface area contributed by atoms with E-state index in [1.165, 1.54) is 6.07 Å². The lowest BCUT2D eigenvalue weighted by molar-refractivity contribution is -0.137. The lowest BCUT2D eigenvalue weighted by atomic mass is 10.1. The standard InChI is InChI=1S/C13H18FNO2/c1-10(12-4-2-3-5-13(12)14)15-8-11-6-7-16-9-17-11/h2-5,10-11,15H,6-9H2,1H3. The molecule has 1 aromatic carbocycles. The molecule has 94 valence electrons. The number of rotatable bonds is 4. The predicted molar refractivity (Wildman–Crippen MR) is 63.1 cm³/mol. The molecule has 0 saturated carbocycles. The van der Waals surface area contributed by atoms with Gasteiger partial charge in [0.15, 0.2) is 0 Å². The summed E-state index contributed by atoms with van der Waals surface area (Å²) in [6, 6.07) is 6.83. The van der Waals surface area contributed by atoms with E-state index in [2.05, 4.69) is 5.32 Å². The average Bonchev–Trinajstić information content (AvgIpc) is 2.38. The first-order valence-electron chi connectivity index (χ1n) is 5.94. The zero-order chi connectivity index (χ0) is 12.1. The zero-order valence-electron chi connectivity index (χ0n) is 9.99. The molecule has 1 aliphatic heterocycles. The van der Waals surface area contributed by atoms with Crippen LogP contribution in [0.1, 0.15) is 24.9 Å². The van der Waals surface area contributed by atoms with Crippen LogP contribution < -0.4 is 5.32 Å². The van der Waals surface area contributed by atoms with Crippen LogP contribution in [0.15, 0.2) is 24.3 Å². The van der Waals surface area contributed by atoms with E-state index in [1.54, 1.807) is 12.1 Å². The summed E-state index contributed by atoms with van der Waals surface area (Å²) >= 11 is 0. The van der Waals surface area contributed by atoms with Gasteiger partial charge in [-0.05, 0) is 19.4 Å². The Bertz CT molecular complexity index is 353. The van der Waals surface area contributed by atoms with E-state index in [4.69, 9.17) is 9.47 Å². The molecule has 1 heterocycles. The fourth-order valence-electron chi connectivity index (χ4n) is 1.91. The highest BCUT2D eigenvalue weighted by molar-refractivity contribution is 5.20. The maximum absolute atomic E-state index is 13.5. The quantitative estimate of drug-likeness (QED) is 0.874. The molecule has 0 radical (unpaired) electrons. The van der Waals surface area contributed by atoms with Gasteiger partial charge in [0.2, 0.25) is 0 Å². The van der Waals surface area contributed by atoms with E-state index in [-0.39, 0.29) is 18.0 Å². The van der Waals surface area contributed by atoms with Crippen LogP contribution in [-0.4, -0.2) is 26.0 Å². The van der Waals surface area contributed by atoms with Crippen LogP contribution in [0.4, 0.5) is 4.39 Å². The molecule has 0 spiro atoms. The Morgan fingerprint density at radius 2 is 2.29 bits per heavy atom. The van der Waals surface area contributed by atoms with Gasteiger partial charge < -0.3 is 14.8 Å². The van der Waals surface area contributed by atoms with Crippen LogP contribution in [0, 0.1) is 5.82 Å². The molecular weight excluding hydrogens is 221 g/mol. The maximum atomic E-state index is 13.5. The second-order valence-corrected chi connectivity index (χ2v) is 4.25. The van der Waals surface area contributed by atoms with Crippen LogP contribution >= 0.6 is 0 Å². The lowest BCUT2D eigenvalue weighted by Crippen LogP contribution is -2.35. The largest absolute Gasteiger partial charge is 0.355 e. The number of halogens is 1. The Morgan fingerprint density at radius 3 is 3.00 bits per heavy atom. The van der Waals surface area contributed by atoms with Crippen molar-refractivity contribution in [1.82, 2.24) is 5.32 Å². The topological polar surface area (TPSA) is 30.5 Å². The zero-order valence-corrected chi connectivity index (χ0v) is 9.99. The van der Waals surface area contributed by atoms with Gasteiger partial charge >= 0.3 is 0 Å². The minimum Gasteiger partial charge on any atom is -0.355 e. The van der Waals surface area contributed by atoms with Crippen LogP contribution in [0.5, 0.6) is 0 Å². The summed E-state index contributed by atoms with van der Waals surface area (Å²) in [5.41, 5.74) is 0.694. The first kappa shape index (κ1) is 12.5. The minimum atomic E-state index is -0.166. The Labute approximate surface area is 101 Å². The molecule has 1 aliphatic rings. The predicted octanol–water partition coefficient (Wildman–Crippen LogP) is 2.24. The number of benzene rings is 1. The summed E-state index contributed by atoms with van der Waals surface area (Å²) in [6.45, 7) is 3.78. The average molecular weight is 239 g/mol. The van der Waals surface area contributed by atoms with Crippen molar-refractivity contribution in [3.8, 4) is 0 Å². The molecule has 1 saturated heterocycles. The number of hydrogen-bond acceptors (Lipinski definition) is 3. The Morgan fingerprint density at radius 1 is 1.47 bits per heavy atom. The van der Waals surface area contributed by atoms with Gasteiger partial charge in [-0.25, -0.2) is 4.39 Å². The fraction of sp³-hybridized carbons (Fsp3) is 0.538. The van der Waals surface area contributed by atoms with E-state index in [1.807, 2.05) is 13.0 Å². The molecule has 1 N–H and O–H groups in total. The van der Waals surface area contributed by atoms with E-state index in [0.29, 0.717) is 12.4 Å². The molecule has 0 aliphatic carbocycles. The summed E-state index contributed by atoms with van der Waals surface area (Å²) in [5, 5.41) is 3.29. The van der Waals surface area contributed by atoms with E-state index in [9.17, 15) is 4.39 Å². The smallest absolute Gasteiger partial charge is 0.147 e. The van der Waals surface area contributed by atoms with Crippen molar-refractivity contribution in [3.05, 3.63) is 35.6 Å². The first-order valence-corrected chi connectivity index (χ1v) is 5.94. The fourth-order valence-corrected chi connectivity index (χ4v) is 1.91. The molecule has 1 fully saturated rings. The molecule has 0 aromatic heterocycles. The molecular formula is C13H18FNO2. The molecule has 3 nitrogen and oxygen atoms in total. The maximum Gasteiger partial charge on any atom is 0.147 e. The molecule has 2 rings (SSSR count). The van der Waals surface area contributed by atoms with E-state index < -0.39 is 0 Å². The number of hydrogen-bond donors (Lipinski definition) is 1. The Balaban J connectivity index is 1.84. The van der Waals surface area contributed by atoms with Gasteiger partial charge in [-0.3, -0.25) is 0 Å². The number of nitrogens with one attached hydrogen (secondary N) is 1. The van der Waals surface area contributed by atoms with Gasteiger partial charge in [-0.1, -0.05) is 18.2 Å². The van der Waals surface area contributed by atoms with Crippen LogP contribution in [0.2, 0.25) is 0 Å². The normalized spacial score (nSPS) is 22.4. The van der Waals surface area contributed by atoms with Crippen molar-refractivity contribution in [3.63, 3.8) is 0 Å². The van der Waals surface area contributed by atoms with Gasteiger partial charge in [0.1, 0.15) is 12.6 Å². The van der Waals surface area contributed by atoms with Crippen molar-refractivity contribution in [2.75, 3.05) is 19.9 Å². The van der Waals surface area contributed by atoms with Crippen LogP contribution in [0.25, 0.3) is 0 Å². The van der Waals surface area contributed by atoms with Crippen molar-refractivity contribution in [2.24, 2.45) is 0 Å². The van der Waals surface area contributed by atoms with Crippen molar-refractivity contribution < 1.29 is 13.9 Å². The van der Waals surface area contributed by atoms with Gasteiger partial charge in [0, 0.05) is 18.2 Å². The van der Waals surface area contributed by atoms with Gasteiger partial charge in [0.25, 0.3) is 0 Å². The molecule has 0 amide bonds. The third-order valence-corrected chi connectivity index (χ3v) is 2.99. The number of ether oxygens (including phenoxy) is 2. The van der Waals surface area contributed by atoms with Gasteiger partial charge in [-0.15, -0.1) is 0 Å². The third kappa shape index (κ3) is 3.49. The molecule has 2 atom stereocenters. The molecule has 0 bridgehead atoms. The summed E-state index contributed by atoms with van der Waals surface area (Å²) < 4.78 is 24.0. The molecule has 2 unspecified atom stereocenters. The molecule has 17 heavy (non-hydrogen) atoms. The monoisotopic (exact) mass is 239 g/mol. The second-order valence-electron chi connectivity index (χ2n) is 4.25. The first-order chi connectivity index (χ1) is 8.27. The van der Waals surface area contributed by atoms with E-state index in [0.717, 1.165) is 19.6 Å². The van der Waals surface area contributed by atoms with E-state index >= 15 is 0 Å².